The van der Waals surface area contributed by atoms with Gasteiger partial charge in [0.25, 0.3) is 0 Å². The van der Waals surface area contributed by atoms with Gasteiger partial charge in [-0.3, -0.25) is 4.79 Å². The van der Waals surface area contributed by atoms with E-state index in [9.17, 15) is 4.79 Å². The van der Waals surface area contributed by atoms with Crippen molar-refractivity contribution in [2.75, 3.05) is 14.2 Å². The Kier molecular flexibility index (Phi) is 3.14. The summed E-state index contributed by atoms with van der Waals surface area (Å²) in [5.41, 5.74) is 0.206. The number of carbonyl (C=O) groups excluding carboxylic acids is 1. The summed E-state index contributed by atoms with van der Waals surface area (Å²) in [6.45, 7) is 0. The van der Waals surface area contributed by atoms with E-state index in [2.05, 4.69) is 0 Å². The van der Waals surface area contributed by atoms with Crippen LogP contribution in [-0.2, 0) is 4.79 Å². The average molecular weight is 200 g/mol. The Hall–Kier alpha value is -1.22. The van der Waals surface area contributed by atoms with E-state index in [1.54, 1.807) is 18.4 Å². The number of methoxy groups -OCH3 is 2. The zero-order chi connectivity index (χ0) is 9.84. The lowest BCUT2D eigenvalue weighted by molar-refractivity contribution is 0.391. The van der Waals surface area contributed by atoms with Crippen LogP contribution in [0.2, 0.25) is 5.02 Å². The van der Waals surface area contributed by atoms with Gasteiger partial charge in [-0.05, 0) is 12.1 Å². The van der Waals surface area contributed by atoms with Crippen LogP contribution in [0.4, 0.5) is 0 Å². The fourth-order valence-electron chi connectivity index (χ4n) is 1.01. The number of benzene rings is 1. The molecule has 0 saturated carbocycles. The SMILES string of the molecule is COc1ccc(Cl)c(OC)c1[C]=O. The van der Waals surface area contributed by atoms with Crippen molar-refractivity contribution >= 4 is 17.9 Å². The molecule has 13 heavy (non-hydrogen) atoms. The van der Waals surface area contributed by atoms with Gasteiger partial charge in [0.05, 0.1) is 19.2 Å². The maximum Gasteiger partial charge on any atom is 0.241 e. The first-order chi connectivity index (χ1) is 6.24. The van der Waals surface area contributed by atoms with E-state index >= 15 is 0 Å². The van der Waals surface area contributed by atoms with Crippen LogP contribution in [0.1, 0.15) is 5.56 Å². The molecule has 0 heterocycles. The molecule has 0 aliphatic rings. The molecule has 1 radical (unpaired) electrons. The van der Waals surface area contributed by atoms with Crippen LogP contribution in [0, 0.1) is 0 Å². The minimum absolute atomic E-state index is 0.206. The van der Waals surface area contributed by atoms with Crippen LogP contribution in [0.3, 0.4) is 0 Å². The lowest BCUT2D eigenvalue weighted by Gasteiger charge is -2.08. The van der Waals surface area contributed by atoms with Crippen LogP contribution in [0.5, 0.6) is 11.5 Å². The molecule has 0 bridgehead atoms. The summed E-state index contributed by atoms with van der Waals surface area (Å²) >= 11 is 5.78. The fourth-order valence-corrected chi connectivity index (χ4v) is 1.24. The zero-order valence-corrected chi connectivity index (χ0v) is 8.01. The van der Waals surface area contributed by atoms with Crippen LogP contribution >= 0.6 is 11.6 Å². The first kappa shape index (κ1) is 9.86. The third kappa shape index (κ3) is 1.75. The summed E-state index contributed by atoms with van der Waals surface area (Å²) in [4.78, 5) is 10.6. The highest BCUT2D eigenvalue weighted by Crippen LogP contribution is 2.33. The molecule has 0 spiro atoms. The molecule has 0 unspecified atom stereocenters. The maximum atomic E-state index is 10.6. The van der Waals surface area contributed by atoms with Crippen LogP contribution < -0.4 is 9.47 Å². The quantitative estimate of drug-likeness (QED) is 0.745. The summed E-state index contributed by atoms with van der Waals surface area (Å²) in [7, 11) is 2.89. The first-order valence-corrected chi connectivity index (χ1v) is 3.91. The second-order valence-electron chi connectivity index (χ2n) is 2.26. The largest absolute Gasteiger partial charge is 0.496 e. The highest BCUT2D eigenvalue weighted by Gasteiger charge is 2.13. The smallest absolute Gasteiger partial charge is 0.241 e. The summed E-state index contributed by atoms with van der Waals surface area (Å²) < 4.78 is 9.87. The van der Waals surface area contributed by atoms with Gasteiger partial charge < -0.3 is 9.47 Å². The molecular weight excluding hydrogens is 192 g/mol. The van der Waals surface area contributed by atoms with Crippen molar-refractivity contribution < 1.29 is 14.3 Å². The molecule has 1 rings (SSSR count). The van der Waals surface area contributed by atoms with Gasteiger partial charge in [0.2, 0.25) is 6.29 Å². The fraction of sp³-hybridized carbons (Fsp3) is 0.222. The zero-order valence-electron chi connectivity index (χ0n) is 7.26. The predicted molar refractivity (Wildman–Crippen MR) is 49.4 cm³/mol. The minimum Gasteiger partial charge on any atom is -0.496 e. The minimum atomic E-state index is 0.206. The van der Waals surface area contributed by atoms with Gasteiger partial charge in [-0.25, -0.2) is 0 Å². The summed E-state index contributed by atoms with van der Waals surface area (Å²) in [5.74, 6) is 0.687. The van der Waals surface area contributed by atoms with E-state index in [1.165, 1.54) is 14.2 Å². The predicted octanol–water partition coefficient (Wildman–Crippen LogP) is 1.81. The summed E-state index contributed by atoms with van der Waals surface area (Å²) in [6, 6.07) is 3.19. The van der Waals surface area contributed by atoms with Crippen molar-refractivity contribution in [3.05, 3.63) is 22.7 Å². The van der Waals surface area contributed by atoms with Crippen LogP contribution in [0.15, 0.2) is 12.1 Å². The van der Waals surface area contributed by atoms with Crippen molar-refractivity contribution in [1.82, 2.24) is 0 Å². The van der Waals surface area contributed by atoms with Crippen LogP contribution in [0.25, 0.3) is 0 Å². The second kappa shape index (κ2) is 4.14. The van der Waals surface area contributed by atoms with Gasteiger partial charge in [0.15, 0.2) is 5.75 Å². The number of ether oxygens (including phenoxy) is 2. The Bertz CT molecular complexity index is 323. The molecule has 1 aromatic rings. The van der Waals surface area contributed by atoms with Gasteiger partial charge in [-0.1, -0.05) is 11.6 Å². The summed E-state index contributed by atoms with van der Waals surface area (Å²) in [6.07, 6.45) is 1.72. The molecule has 0 aliphatic heterocycles. The van der Waals surface area contributed by atoms with E-state index in [4.69, 9.17) is 21.1 Å². The summed E-state index contributed by atoms with van der Waals surface area (Å²) in [5, 5.41) is 0.363. The van der Waals surface area contributed by atoms with Gasteiger partial charge in [-0.2, -0.15) is 0 Å². The van der Waals surface area contributed by atoms with Crippen molar-refractivity contribution in [2.45, 2.75) is 0 Å². The van der Waals surface area contributed by atoms with E-state index in [0.29, 0.717) is 10.8 Å². The molecule has 0 saturated heterocycles. The Balaban J connectivity index is 3.36. The Morgan fingerprint density at radius 1 is 1.31 bits per heavy atom. The molecule has 0 atom stereocenters. The van der Waals surface area contributed by atoms with Crippen molar-refractivity contribution in [2.24, 2.45) is 0 Å². The van der Waals surface area contributed by atoms with Gasteiger partial charge >= 0.3 is 0 Å². The van der Waals surface area contributed by atoms with E-state index in [1.807, 2.05) is 0 Å². The number of hydrogen-bond acceptors (Lipinski definition) is 3. The average Bonchev–Trinajstić information content (AvgIpc) is 2.17. The maximum absolute atomic E-state index is 10.6. The molecule has 0 aromatic heterocycles. The van der Waals surface area contributed by atoms with E-state index < -0.39 is 0 Å². The Morgan fingerprint density at radius 3 is 2.46 bits per heavy atom. The topological polar surface area (TPSA) is 35.5 Å². The van der Waals surface area contributed by atoms with Gasteiger partial charge in [0, 0.05) is 0 Å². The molecule has 0 fully saturated rings. The normalized spacial score (nSPS) is 9.46. The van der Waals surface area contributed by atoms with Crippen molar-refractivity contribution in [3.63, 3.8) is 0 Å². The molecule has 3 nitrogen and oxygen atoms in total. The highest BCUT2D eigenvalue weighted by atomic mass is 35.5. The lowest BCUT2D eigenvalue weighted by Crippen LogP contribution is -1.96. The standard InChI is InChI=1S/C9H8ClO3/c1-12-8-4-3-7(10)9(13-2)6(8)5-11/h3-4H,1-2H3. The van der Waals surface area contributed by atoms with Crippen molar-refractivity contribution in [3.8, 4) is 11.5 Å². The van der Waals surface area contributed by atoms with Crippen molar-refractivity contribution in [1.29, 1.82) is 0 Å². The Labute approximate surface area is 81.2 Å². The van der Waals surface area contributed by atoms with E-state index in [0.717, 1.165) is 0 Å². The van der Waals surface area contributed by atoms with Gasteiger partial charge in [-0.15, -0.1) is 0 Å². The second-order valence-corrected chi connectivity index (χ2v) is 2.67. The van der Waals surface area contributed by atoms with E-state index in [-0.39, 0.29) is 11.3 Å². The molecule has 0 aliphatic carbocycles. The monoisotopic (exact) mass is 199 g/mol. The third-order valence-electron chi connectivity index (χ3n) is 1.60. The first-order valence-electron chi connectivity index (χ1n) is 3.53. The molecule has 0 amide bonds. The third-order valence-corrected chi connectivity index (χ3v) is 1.90. The Morgan fingerprint density at radius 2 is 2.00 bits per heavy atom. The molecular formula is C9H8ClO3. The number of halogens is 1. The number of hydrogen-bond donors (Lipinski definition) is 0. The molecule has 4 heteroatoms. The van der Waals surface area contributed by atoms with Crippen LogP contribution in [-0.4, -0.2) is 20.5 Å². The lowest BCUT2D eigenvalue weighted by atomic mass is 10.2. The molecule has 69 valence electrons. The van der Waals surface area contributed by atoms with Gasteiger partial charge in [0.1, 0.15) is 11.3 Å². The molecule has 1 aromatic carbocycles. The highest BCUT2D eigenvalue weighted by molar-refractivity contribution is 6.32. The number of rotatable bonds is 3. The molecule has 0 N–H and O–H groups in total.